The molecule has 0 saturated carbocycles. The Kier molecular flexibility index (Phi) is 1.47. The molecule has 66 valence electrons. The van der Waals surface area contributed by atoms with E-state index in [9.17, 15) is 0 Å². The Balaban J connectivity index is 2.53. The van der Waals surface area contributed by atoms with Gasteiger partial charge in [0.05, 0.1) is 11.2 Å². The largest absolute Gasteiger partial charge is 0.375 e. The molecule has 0 aliphatic carbocycles. The zero-order valence-corrected chi connectivity index (χ0v) is 8.40. The van der Waals surface area contributed by atoms with Gasteiger partial charge >= 0.3 is 0 Å². The first-order valence-corrected chi connectivity index (χ1v) is 4.80. The summed E-state index contributed by atoms with van der Waals surface area (Å²) in [4.78, 5) is 7.96. The van der Waals surface area contributed by atoms with Crippen LogP contribution in [0.4, 0.5) is 5.13 Å². The highest BCUT2D eigenvalue weighted by atomic mass is 32.1. The zero-order valence-electron chi connectivity index (χ0n) is 7.59. The first-order chi connectivity index (χ1) is 5.51. The maximum absolute atomic E-state index is 5.64. The van der Waals surface area contributed by atoms with Crippen molar-refractivity contribution in [1.29, 1.82) is 0 Å². The van der Waals surface area contributed by atoms with Crippen LogP contribution in [0.2, 0.25) is 0 Å². The molecule has 1 aliphatic rings. The molecule has 1 aromatic heterocycles. The van der Waals surface area contributed by atoms with Gasteiger partial charge in [-0.05, 0) is 20.9 Å². The summed E-state index contributed by atoms with van der Waals surface area (Å²) in [5.41, 5.74) is 6.86. The highest BCUT2D eigenvalue weighted by Gasteiger charge is 2.37. The van der Waals surface area contributed by atoms with E-state index in [1.165, 1.54) is 4.88 Å². The molecule has 0 fully saturated rings. The van der Waals surface area contributed by atoms with E-state index in [0.717, 1.165) is 12.2 Å². The number of nitrogens with zero attached hydrogens (tertiary/aromatic N) is 2. The van der Waals surface area contributed by atoms with Crippen molar-refractivity contribution in [2.45, 2.75) is 25.9 Å². The van der Waals surface area contributed by atoms with Crippen LogP contribution < -0.4 is 5.73 Å². The number of hydrogen-bond donors (Lipinski definition) is 1. The van der Waals surface area contributed by atoms with Crippen molar-refractivity contribution in [1.82, 2.24) is 9.88 Å². The van der Waals surface area contributed by atoms with Crippen LogP contribution in [0.5, 0.6) is 0 Å². The fourth-order valence-electron chi connectivity index (χ4n) is 1.55. The van der Waals surface area contributed by atoms with Gasteiger partial charge < -0.3 is 5.73 Å². The number of rotatable bonds is 0. The second kappa shape index (κ2) is 2.20. The van der Waals surface area contributed by atoms with Crippen LogP contribution in [-0.2, 0) is 12.1 Å². The van der Waals surface area contributed by atoms with Gasteiger partial charge in [-0.25, -0.2) is 4.98 Å². The topological polar surface area (TPSA) is 42.1 Å². The van der Waals surface area contributed by atoms with Gasteiger partial charge in [0, 0.05) is 11.4 Å². The van der Waals surface area contributed by atoms with E-state index in [1.807, 2.05) is 0 Å². The SMILES string of the molecule is CN1Cc2sc(N)nc2C1(C)C. The molecule has 0 unspecified atom stereocenters. The van der Waals surface area contributed by atoms with Gasteiger partial charge in [-0.2, -0.15) is 0 Å². The molecule has 0 bridgehead atoms. The summed E-state index contributed by atoms with van der Waals surface area (Å²) < 4.78 is 0. The first kappa shape index (κ1) is 8.01. The molecule has 2 rings (SSSR count). The van der Waals surface area contributed by atoms with Gasteiger partial charge in [0.15, 0.2) is 5.13 Å². The lowest BCUT2D eigenvalue weighted by molar-refractivity contribution is 0.175. The molecule has 1 aromatic rings. The Bertz CT molecular complexity index is 316. The van der Waals surface area contributed by atoms with Gasteiger partial charge in [-0.3, -0.25) is 4.90 Å². The lowest BCUT2D eigenvalue weighted by atomic mass is 10.0. The van der Waals surface area contributed by atoms with Crippen molar-refractivity contribution in [3.05, 3.63) is 10.6 Å². The molecule has 2 N–H and O–H groups in total. The van der Waals surface area contributed by atoms with Crippen molar-refractivity contribution >= 4 is 16.5 Å². The van der Waals surface area contributed by atoms with Gasteiger partial charge in [0.1, 0.15) is 0 Å². The minimum absolute atomic E-state index is 0.0590. The number of nitrogen functional groups attached to an aromatic ring is 1. The molecule has 0 spiro atoms. The maximum Gasteiger partial charge on any atom is 0.180 e. The number of fused-ring (bicyclic) bond motifs is 1. The van der Waals surface area contributed by atoms with E-state index in [1.54, 1.807) is 11.3 Å². The predicted molar refractivity (Wildman–Crippen MR) is 51.0 cm³/mol. The summed E-state index contributed by atoms with van der Waals surface area (Å²) in [7, 11) is 2.12. The number of hydrogen-bond acceptors (Lipinski definition) is 4. The van der Waals surface area contributed by atoms with E-state index in [-0.39, 0.29) is 5.54 Å². The van der Waals surface area contributed by atoms with Crippen molar-refractivity contribution in [2.24, 2.45) is 0 Å². The van der Waals surface area contributed by atoms with E-state index in [0.29, 0.717) is 5.13 Å². The van der Waals surface area contributed by atoms with E-state index in [2.05, 4.69) is 30.8 Å². The zero-order chi connectivity index (χ0) is 8.93. The third-order valence-corrected chi connectivity index (χ3v) is 3.50. The normalized spacial score (nSPS) is 21.2. The van der Waals surface area contributed by atoms with Crippen LogP contribution in [0.1, 0.15) is 24.4 Å². The lowest BCUT2D eigenvalue weighted by Gasteiger charge is -2.27. The number of thiazole rings is 1. The molecular weight excluding hydrogens is 170 g/mol. The van der Waals surface area contributed by atoms with Gasteiger partial charge in [-0.1, -0.05) is 0 Å². The molecule has 12 heavy (non-hydrogen) atoms. The second-order valence-electron chi connectivity index (χ2n) is 3.74. The Morgan fingerprint density at radius 1 is 1.58 bits per heavy atom. The molecule has 4 heteroatoms. The van der Waals surface area contributed by atoms with E-state index < -0.39 is 0 Å². The molecule has 3 nitrogen and oxygen atoms in total. The predicted octanol–water partition coefficient (Wildman–Crippen LogP) is 1.41. The fourth-order valence-corrected chi connectivity index (χ4v) is 2.59. The Labute approximate surface area is 76.2 Å². The average Bonchev–Trinajstić information content (AvgIpc) is 2.38. The highest BCUT2D eigenvalue weighted by molar-refractivity contribution is 7.15. The smallest absolute Gasteiger partial charge is 0.180 e. The third kappa shape index (κ3) is 0.881. The average molecular weight is 183 g/mol. The van der Waals surface area contributed by atoms with Crippen molar-refractivity contribution < 1.29 is 0 Å². The lowest BCUT2D eigenvalue weighted by Crippen LogP contribution is -2.32. The summed E-state index contributed by atoms with van der Waals surface area (Å²) >= 11 is 1.61. The Hall–Kier alpha value is -0.610. The van der Waals surface area contributed by atoms with E-state index >= 15 is 0 Å². The molecule has 0 radical (unpaired) electrons. The second-order valence-corrected chi connectivity index (χ2v) is 4.85. The molecule has 0 amide bonds. The number of anilines is 1. The third-order valence-electron chi connectivity index (χ3n) is 2.63. The fraction of sp³-hybridized carbons (Fsp3) is 0.625. The van der Waals surface area contributed by atoms with Crippen LogP contribution in [-0.4, -0.2) is 16.9 Å². The quantitative estimate of drug-likeness (QED) is 0.661. The Morgan fingerprint density at radius 3 is 2.83 bits per heavy atom. The minimum Gasteiger partial charge on any atom is -0.375 e. The summed E-state index contributed by atoms with van der Waals surface area (Å²) in [5.74, 6) is 0. The van der Waals surface area contributed by atoms with Crippen molar-refractivity contribution in [3.8, 4) is 0 Å². The summed E-state index contributed by atoms with van der Waals surface area (Å²) in [6.45, 7) is 5.34. The van der Waals surface area contributed by atoms with E-state index in [4.69, 9.17) is 5.73 Å². The monoisotopic (exact) mass is 183 g/mol. The standard InChI is InChI=1S/C8H13N3S/c1-8(2)6-5(4-11(8)3)12-7(9)10-6/h4H2,1-3H3,(H2,9,10). The molecule has 1 aliphatic heterocycles. The van der Waals surface area contributed by atoms with Gasteiger partial charge in [0.25, 0.3) is 0 Å². The van der Waals surface area contributed by atoms with Crippen LogP contribution in [0.3, 0.4) is 0 Å². The van der Waals surface area contributed by atoms with Crippen molar-refractivity contribution in [3.63, 3.8) is 0 Å². The molecule has 2 heterocycles. The summed E-state index contributed by atoms with van der Waals surface area (Å²) in [5, 5.41) is 0.696. The molecular formula is C8H13N3S. The summed E-state index contributed by atoms with van der Waals surface area (Å²) in [6.07, 6.45) is 0. The van der Waals surface area contributed by atoms with Crippen LogP contribution in [0.15, 0.2) is 0 Å². The Morgan fingerprint density at radius 2 is 2.25 bits per heavy atom. The number of aromatic nitrogens is 1. The minimum atomic E-state index is 0.0590. The first-order valence-electron chi connectivity index (χ1n) is 3.98. The molecule has 0 aromatic carbocycles. The molecule has 0 saturated heterocycles. The van der Waals surface area contributed by atoms with Crippen LogP contribution in [0.25, 0.3) is 0 Å². The molecule has 0 atom stereocenters. The maximum atomic E-state index is 5.64. The van der Waals surface area contributed by atoms with Crippen LogP contribution in [0, 0.1) is 0 Å². The summed E-state index contributed by atoms with van der Waals surface area (Å²) in [6, 6.07) is 0. The highest BCUT2D eigenvalue weighted by Crippen LogP contribution is 2.40. The van der Waals surface area contributed by atoms with Crippen molar-refractivity contribution in [2.75, 3.05) is 12.8 Å². The van der Waals surface area contributed by atoms with Crippen LogP contribution >= 0.6 is 11.3 Å². The van der Waals surface area contributed by atoms with Gasteiger partial charge in [0.2, 0.25) is 0 Å². The van der Waals surface area contributed by atoms with Gasteiger partial charge in [-0.15, -0.1) is 11.3 Å². The number of nitrogens with two attached hydrogens (primary N) is 1.